The summed E-state index contributed by atoms with van der Waals surface area (Å²) < 4.78 is 29.0. The van der Waals surface area contributed by atoms with Crippen LogP contribution in [0.3, 0.4) is 0 Å². The first kappa shape index (κ1) is 24.9. The van der Waals surface area contributed by atoms with Gasteiger partial charge in [-0.25, -0.2) is 8.42 Å². The number of aromatic nitrogens is 2. The summed E-state index contributed by atoms with van der Waals surface area (Å²) in [6.07, 6.45) is 0. The highest BCUT2D eigenvalue weighted by atomic mass is 32.2. The van der Waals surface area contributed by atoms with Gasteiger partial charge in [-0.15, -0.1) is 10.2 Å². The molecule has 0 aliphatic carbocycles. The average molecular weight is 525 g/mol. The Balaban J connectivity index is 1.52. The van der Waals surface area contributed by atoms with Crippen LogP contribution < -0.4 is 9.62 Å². The summed E-state index contributed by atoms with van der Waals surface area (Å²) in [5, 5.41) is 11.7. The number of hydrogen-bond donors (Lipinski definition) is 1. The minimum atomic E-state index is -3.79. The predicted octanol–water partition coefficient (Wildman–Crippen LogP) is 5.69. The monoisotopic (exact) mass is 524 g/mol. The summed E-state index contributed by atoms with van der Waals surface area (Å²) in [4.78, 5) is 12.9. The van der Waals surface area contributed by atoms with Crippen molar-refractivity contribution in [2.24, 2.45) is 0 Å². The summed E-state index contributed by atoms with van der Waals surface area (Å²) in [6.45, 7) is 4.25. The number of nitrogens with zero attached hydrogens (tertiary/aromatic N) is 3. The van der Waals surface area contributed by atoms with Crippen LogP contribution in [0, 0.1) is 0 Å². The van der Waals surface area contributed by atoms with Gasteiger partial charge in [-0.05, 0) is 42.0 Å². The highest BCUT2D eigenvalue weighted by Crippen LogP contribution is 2.29. The molecule has 0 aliphatic rings. The minimum Gasteiger partial charge on any atom is -0.296 e. The van der Waals surface area contributed by atoms with Gasteiger partial charge in [0.05, 0.1) is 17.1 Å². The number of para-hydroxylation sites is 1. The molecule has 0 aliphatic heterocycles. The minimum absolute atomic E-state index is 0.120. The van der Waals surface area contributed by atoms with Gasteiger partial charge in [0.25, 0.3) is 15.9 Å². The Morgan fingerprint density at radius 1 is 0.943 bits per heavy atom. The smallest absolute Gasteiger partial charge is 0.264 e. The molecule has 1 heterocycles. The summed E-state index contributed by atoms with van der Waals surface area (Å²) >= 11 is 2.92. The second-order valence-corrected chi connectivity index (χ2v) is 12.5. The first-order valence-electron chi connectivity index (χ1n) is 10.9. The van der Waals surface area contributed by atoms with Crippen molar-refractivity contribution >= 4 is 49.8 Å². The van der Waals surface area contributed by atoms with E-state index in [0.29, 0.717) is 21.6 Å². The van der Waals surface area contributed by atoms with Crippen molar-refractivity contribution in [1.29, 1.82) is 0 Å². The molecule has 3 aromatic carbocycles. The van der Waals surface area contributed by atoms with E-state index in [1.54, 1.807) is 90.6 Å². The van der Waals surface area contributed by atoms with E-state index in [0.717, 1.165) is 9.90 Å². The van der Waals surface area contributed by atoms with E-state index in [1.807, 2.05) is 6.07 Å². The van der Waals surface area contributed by atoms with Crippen molar-refractivity contribution in [2.75, 3.05) is 9.62 Å². The van der Waals surface area contributed by atoms with E-state index in [2.05, 4.69) is 29.4 Å². The zero-order chi connectivity index (χ0) is 24.8. The Hall–Kier alpha value is -3.21. The van der Waals surface area contributed by atoms with E-state index < -0.39 is 10.0 Å². The second kappa shape index (κ2) is 11.0. The Labute approximate surface area is 213 Å². The normalized spacial score (nSPS) is 11.4. The molecule has 7 nitrogen and oxygen atoms in total. The number of sulfonamides is 1. The number of thioether (sulfide) groups is 1. The fraction of sp³-hybridized carbons (Fsp3) is 0.160. The molecule has 0 atom stereocenters. The van der Waals surface area contributed by atoms with Gasteiger partial charge in [0.15, 0.2) is 4.34 Å². The first-order chi connectivity index (χ1) is 16.8. The van der Waals surface area contributed by atoms with Crippen molar-refractivity contribution in [3.05, 3.63) is 96.1 Å². The molecule has 0 bridgehead atoms. The van der Waals surface area contributed by atoms with Gasteiger partial charge in [-0.1, -0.05) is 85.5 Å². The van der Waals surface area contributed by atoms with Crippen LogP contribution in [0.2, 0.25) is 0 Å². The Morgan fingerprint density at radius 3 is 2.20 bits per heavy atom. The van der Waals surface area contributed by atoms with Gasteiger partial charge in [-0.2, -0.15) is 0 Å². The molecule has 35 heavy (non-hydrogen) atoms. The van der Waals surface area contributed by atoms with Crippen LogP contribution in [0.25, 0.3) is 0 Å². The zero-order valence-corrected chi connectivity index (χ0v) is 21.6. The summed E-state index contributed by atoms with van der Waals surface area (Å²) in [5.41, 5.74) is 1.75. The number of benzene rings is 3. The Kier molecular flexibility index (Phi) is 7.84. The van der Waals surface area contributed by atoms with Gasteiger partial charge in [0, 0.05) is 10.8 Å². The lowest BCUT2D eigenvalue weighted by Crippen LogP contribution is -2.30. The number of rotatable bonds is 9. The van der Waals surface area contributed by atoms with Crippen LogP contribution in [0.5, 0.6) is 0 Å². The van der Waals surface area contributed by atoms with Crippen LogP contribution in [-0.4, -0.2) is 29.8 Å². The molecule has 0 saturated heterocycles. The molecule has 1 amide bonds. The maximum atomic E-state index is 13.4. The van der Waals surface area contributed by atoms with E-state index in [9.17, 15) is 13.2 Å². The molecule has 4 aromatic rings. The third kappa shape index (κ3) is 6.27. The van der Waals surface area contributed by atoms with Crippen LogP contribution in [0.4, 0.5) is 10.8 Å². The maximum Gasteiger partial charge on any atom is 0.264 e. The van der Waals surface area contributed by atoms with E-state index in [-0.39, 0.29) is 17.3 Å². The lowest BCUT2D eigenvalue weighted by molar-refractivity contribution is 0.102. The standard InChI is InChI=1S/C25H24N4O3S3/c1-18(2)33-25-28-27-24(34-25)26-23(30)20-15-13-19(14-16-20)17-29(21-9-5-3-6-10-21)35(31,32)22-11-7-4-8-12-22/h3-16,18H,17H2,1-2H3,(H,26,27,30). The summed E-state index contributed by atoms with van der Waals surface area (Å²) in [6, 6.07) is 24.2. The fourth-order valence-electron chi connectivity index (χ4n) is 3.24. The predicted molar refractivity (Wildman–Crippen MR) is 142 cm³/mol. The molecule has 180 valence electrons. The summed E-state index contributed by atoms with van der Waals surface area (Å²) in [7, 11) is -3.79. The van der Waals surface area contributed by atoms with Crippen LogP contribution in [0.1, 0.15) is 29.8 Å². The number of amides is 1. The van der Waals surface area contributed by atoms with Crippen molar-refractivity contribution in [2.45, 2.75) is 34.9 Å². The molecule has 0 radical (unpaired) electrons. The number of hydrogen-bond acceptors (Lipinski definition) is 7. The first-order valence-corrected chi connectivity index (χ1v) is 14.0. The fourth-order valence-corrected chi connectivity index (χ4v) is 6.68. The number of carbonyl (C=O) groups is 1. The van der Waals surface area contributed by atoms with Crippen molar-refractivity contribution < 1.29 is 13.2 Å². The molecule has 4 rings (SSSR count). The van der Waals surface area contributed by atoms with Gasteiger partial charge >= 0.3 is 0 Å². The van der Waals surface area contributed by atoms with Gasteiger partial charge in [-0.3, -0.25) is 14.4 Å². The van der Waals surface area contributed by atoms with Crippen molar-refractivity contribution in [3.63, 3.8) is 0 Å². The molecule has 0 spiro atoms. The highest BCUT2D eigenvalue weighted by molar-refractivity contribution is 8.01. The van der Waals surface area contributed by atoms with Gasteiger partial charge in [0.2, 0.25) is 5.13 Å². The number of carbonyl (C=O) groups excluding carboxylic acids is 1. The third-order valence-electron chi connectivity index (χ3n) is 4.88. The quantitative estimate of drug-likeness (QED) is 0.223. The molecule has 1 N–H and O–H groups in total. The molecule has 0 saturated carbocycles. The molecule has 0 fully saturated rings. The molecular weight excluding hydrogens is 501 g/mol. The highest BCUT2D eigenvalue weighted by Gasteiger charge is 2.25. The second-order valence-electron chi connectivity index (χ2n) is 7.85. The molecular formula is C25H24N4O3S3. The Bertz CT molecular complexity index is 1370. The van der Waals surface area contributed by atoms with Crippen molar-refractivity contribution in [1.82, 2.24) is 10.2 Å². The SMILES string of the molecule is CC(C)Sc1nnc(NC(=O)c2ccc(CN(c3ccccc3)S(=O)(=O)c3ccccc3)cc2)s1. The zero-order valence-electron chi connectivity index (χ0n) is 19.2. The van der Waals surface area contributed by atoms with Gasteiger partial charge < -0.3 is 0 Å². The summed E-state index contributed by atoms with van der Waals surface area (Å²) in [5.74, 6) is -0.300. The largest absolute Gasteiger partial charge is 0.296 e. The molecule has 10 heteroatoms. The lowest BCUT2D eigenvalue weighted by atomic mass is 10.1. The Morgan fingerprint density at radius 2 is 1.57 bits per heavy atom. The number of nitrogens with one attached hydrogen (secondary N) is 1. The maximum absolute atomic E-state index is 13.4. The lowest BCUT2D eigenvalue weighted by Gasteiger charge is -2.24. The third-order valence-corrected chi connectivity index (χ3v) is 8.60. The average Bonchev–Trinajstić information content (AvgIpc) is 3.29. The van der Waals surface area contributed by atoms with Crippen LogP contribution >= 0.6 is 23.1 Å². The molecule has 0 unspecified atom stereocenters. The van der Waals surface area contributed by atoms with E-state index in [1.165, 1.54) is 15.6 Å². The van der Waals surface area contributed by atoms with Crippen LogP contribution in [0.15, 0.2) is 94.2 Å². The van der Waals surface area contributed by atoms with E-state index >= 15 is 0 Å². The topological polar surface area (TPSA) is 92.3 Å². The van der Waals surface area contributed by atoms with E-state index in [4.69, 9.17) is 0 Å². The van der Waals surface area contributed by atoms with Crippen molar-refractivity contribution in [3.8, 4) is 0 Å². The van der Waals surface area contributed by atoms with Gasteiger partial charge in [0.1, 0.15) is 0 Å². The molecule has 1 aromatic heterocycles. The number of anilines is 2. The van der Waals surface area contributed by atoms with Crippen LogP contribution in [-0.2, 0) is 16.6 Å².